The molecule has 0 spiro atoms. The molecule has 0 aromatic heterocycles. The zero-order chi connectivity index (χ0) is 9.19. The van der Waals surface area contributed by atoms with E-state index in [1.54, 1.807) is 0 Å². The Morgan fingerprint density at radius 2 is 1.58 bits per heavy atom. The SMILES string of the molecule is C[Si](C)(C)N(N)c1ccccc1. The van der Waals surface area contributed by atoms with E-state index in [1.165, 1.54) is 0 Å². The predicted octanol–water partition coefficient (Wildman–Crippen LogP) is 2.20. The van der Waals surface area contributed by atoms with Gasteiger partial charge < -0.3 is 4.67 Å². The Morgan fingerprint density at radius 1 is 1.08 bits per heavy atom. The van der Waals surface area contributed by atoms with Gasteiger partial charge in [-0.05, 0) is 12.1 Å². The number of anilines is 1. The van der Waals surface area contributed by atoms with E-state index in [2.05, 4.69) is 19.6 Å². The van der Waals surface area contributed by atoms with Crippen molar-refractivity contribution >= 4 is 13.9 Å². The van der Waals surface area contributed by atoms with Gasteiger partial charge in [-0.3, -0.25) is 5.84 Å². The third-order valence-electron chi connectivity index (χ3n) is 1.76. The number of nitrogens with zero attached hydrogens (tertiary/aromatic N) is 1. The second kappa shape index (κ2) is 3.29. The maximum absolute atomic E-state index is 5.97. The summed E-state index contributed by atoms with van der Waals surface area (Å²) < 4.78 is 1.91. The molecule has 0 bridgehead atoms. The average Bonchev–Trinajstić information content (AvgIpc) is 2.03. The predicted molar refractivity (Wildman–Crippen MR) is 56.5 cm³/mol. The summed E-state index contributed by atoms with van der Waals surface area (Å²) in [5.41, 5.74) is 1.11. The first kappa shape index (κ1) is 9.29. The third kappa shape index (κ3) is 2.09. The fraction of sp³-hybridized carbons (Fsp3) is 0.333. The van der Waals surface area contributed by atoms with E-state index in [1.807, 2.05) is 35.0 Å². The summed E-state index contributed by atoms with van der Waals surface area (Å²) in [4.78, 5) is 0. The Hall–Kier alpha value is -0.803. The van der Waals surface area contributed by atoms with E-state index in [4.69, 9.17) is 5.84 Å². The zero-order valence-corrected chi connectivity index (χ0v) is 8.91. The van der Waals surface area contributed by atoms with Gasteiger partial charge in [-0.1, -0.05) is 37.8 Å². The summed E-state index contributed by atoms with van der Waals surface area (Å²) >= 11 is 0. The Morgan fingerprint density at radius 3 is 2.00 bits per heavy atom. The van der Waals surface area contributed by atoms with Crippen LogP contribution < -0.4 is 10.5 Å². The van der Waals surface area contributed by atoms with Crippen LogP contribution in [-0.2, 0) is 0 Å². The minimum absolute atomic E-state index is 1.11. The van der Waals surface area contributed by atoms with Crippen molar-refractivity contribution in [1.29, 1.82) is 0 Å². The van der Waals surface area contributed by atoms with Crippen LogP contribution in [0.2, 0.25) is 19.6 Å². The Bertz CT molecular complexity index is 240. The molecule has 0 radical (unpaired) electrons. The van der Waals surface area contributed by atoms with Gasteiger partial charge in [0.05, 0.1) is 0 Å². The van der Waals surface area contributed by atoms with Crippen molar-refractivity contribution in [2.45, 2.75) is 19.6 Å². The topological polar surface area (TPSA) is 29.3 Å². The monoisotopic (exact) mass is 180 g/mol. The van der Waals surface area contributed by atoms with E-state index in [0.29, 0.717) is 0 Å². The molecule has 0 heterocycles. The van der Waals surface area contributed by atoms with Crippen LogP contribution >= 0.6 is 0 Å². The molecule has 0 aliphatic rings. The van der Waals surface area contributed by atoms with Crippen molar-refractivity contribution in [3.63, 3.8) is 0 Å². The molecule has 1 aromatic carbocycles. The Balaban J connectivity index is 2.86. The van der Waals surface area contributed by atoms with E-state index in [-0.39, 0.29) is 0 Å². The van der Waals surface area contributed by atoms with Gasteiger partial charge in [-0.2, -0.15) is 0 Å². The van der Waals surface area contributed by atoms with Crippen molar-refractivity contribution in [3.05, 3.63) is 30.3 Å². The number of rotatable bonds is 2. The summed E-state index contributed by atoms with van der Waals surface area (Å²) in [5.74, 6) is 5.97. The zero-order valence-electron chi connectivity index (χ0n) is 7.91. The van der Waals surface area contributed by atoms with Crippen LogP contribution in [0.15, 0.2) is 30.3 Å². The van der Waals surface area contributed by atoms with E-state index < -0.39 is 8.24 Å². The van der Waals surface area contributed by atoms with Gasteiger partial charge in [0, 0.05) is 5.69 Å². The van der Waals surface area contributed by atoms with E-state index in [0.717, 1.165) is 5.69 Å². The number of hydrazine groups is 1. The van der Waals surface area contributed by atoms with Crippen LogP contribution in [0, 0.1) is 0 Å². The first-order valence-electron chi connectivity index (χ1n) is 4.12. The quantitative estimate of drug-likeness (QED) is 0.429. The molecule has 2 N–H and O–H groups in total. The largest absolute Gasteiger partial charge is 0.339 e. The summed E-state index contributed by atoms with van der Waals surface area (Å²) in [5, 5.41) is 0. The van der Waals surface area contributed by atoms with Crippen LogP contribution in [0.4, 0.5) is 5.69 Å². The lowest BCUT2D eigenvalue weighted by Crippen LogP contribution is -2.51. The molecule has 12 heavy (non-hydrogen) atoms. The maximum atomic E-state index is 5.97. The fourth-order valence-electron chi connectivity index (χ4n) is 0.976. The van der Waals surface area contributed by atoms with Crippen molar-refractivity contribution in [1.82, 2.24) is 0 Å². The molecule has 66 valence electrons. The molecule has 0 saturated carbocycles. The van der Waals surface area contributed by atoms with Crippen molar-refractivity contribution in [2.75, 3.05) is 4.67 Å². The lowest BCUT2D eigenvalue weighted by atomic mass is 10.3. The van der Waals surface area contributed by atoms with Gasteiger partial charge >= 0.3 is 0 Å². The molecule has 0 fully saturated rings. The van der Waals surface area contributed by atoms with Crippen LogP contribution in [0.25, 0.3) is 0 Å². The molecular weight excluding hydrogens is 164 g/mol. The third-order valence-corrected chi connectivity index (χ3v) is 3.46. The number of nitrogens with two attached hydrogens (primary N) is 1. The second-order valence-corrected chi connectivity index (χ2v) is 8.70. The maximum Gasteiger partial charge on any atom is 0.166 e. The molecule has 0 atom stereocenters. The molecule has 0 aliphatic carbocycles. The number of para-hydroxylation sites is 1. The van der Waals surface area contributed by atoms with Gasteiger partial charge in [0.25, 0.3) is 0 Å². The van der Waals surface area contributed by atoms with Crippen LogP contribution in [-0.4, -0.2) is 8.24 Å². The van der Waals surface area contributed by atoms with Crippen molar-refractivity contribution in [2.24, 2.45) is 5.84 Å². The molecule has 0 aliphatic heterocycles. The summed E-state index contributed by atoms with van der Waals surface area (Å²) in [6, 6.07) is 10.1. The lowest BCUT2D eigenvalue weighted by Gasteiger charge is -2.31. The smallest absolute Gasteiger partial charge is 0.166 e. The lowest BCUT2D eigenvalue weighted by molar-refractivity contribution is 1.12. The van der Waals surface area contributed by atoms with Crippen molar-refractivity contribution in [3.8, 4) is 0 Å². The number of hydrogen-bond donors (Lipinski definition) is 1. The molecule has 3 heteroatoms. The highest BCUT2D eigenvalue weighted by atomic mass is 28.3. The van der Waals surface area contributed by atoms with Gasteiger partial charge in [0.1, 0.15) is 0 Å². The average molecular weight is 180 g/mol. The van der Waals surface area contributed by atoms with Crippen molar-refractivity contribution < 1.29 is 0 Å². The minimum atomic E-state index is -1.39. The standard InChI is InChI=1S/C9H16N2Si/c1-12(2,3)11(10)9-7-5-4-6-8-9/h4-8H,10H2,1-3H3. The molecule has 0 saturated heterocycles. The van der Waals surface area contributed by atoms with E-state index in [9.17, 15) is 0 Å². The van der Waals surface area contributed by atoms with Crippen LogP contribution in [0.3, 0.4) is 0 Å². The van der Waals surface area contributed by atoms with E-state index >= 15 is 0 Å². The first-order chi connectivity index (χ1) is 5.52. The normalized spacial score (nSPS) is 11.3. The molecule has 0 amide bonds. The van der Waals surface area contributed by atoms with Gasteiger partial charge in [0.15, 0.2) is 8.24 Å². The van der Waals surface area contributed by atoms with Gasteiger partial charge in [-0.25, -0.2) is 0 Å². The number of benzene rings is 1. The van der Waals surface area contributed by atoms with Crippen LogP contribution in [0.1, 0.15) is 0 Å². The Kier molecular flexibility index (Phi) is 2.54. The van der Waals surface area contributed by atoms with Gasteiger partial charge in [0.2, 0.25) is 0 Å². The summed E-state index contributed by atoms with van der Waals surface area (Å²) in [7, 11) is -1.39. The molecule has 2 nitrogen and oxygen atoms in total. The Labute approximate surface area is 75.1 Å². The molecule has 0 unspecified atom stereocenters. The summed E-state index contributed by atoms with van der Waals surface area (Å²) in [6.45, 7) is 6.67. The first-order valence-corrected chi connectivity index (χ1v) is 7.56. The minimum Gasteiger partial charge on any atom is -0.339 e. The molecule has 1 aromatic rings. The molecule has 1 rings (SSSR count). The van der Waals surface area contributed by atoms with Crippen LogP contribution in [0.5, 0.6) is 0 Å². The highest BCUT2D eigenvalue weighted by Gasteiger charge is 2.20. The highest BCUT2D eigenvalue weighted by molar-refractivity contribution is 6.79. The molecular formula is C9H16N2Si. The van der Waals surface area contributed by atoms with Gasteiger partial charge in [-0.15, -0.1) is 0 Å². The summed E-state index contributed by atoms with van der Waals surface area (Å²) in [6.07, 6.45) is 0. The number of hydrogen-bond acceptors (Lipinski definition) is 2. The fourth-order valence-corrected chi connectivity index (χ4v) is 1.90. The highest BCUT2D eigenvalue weighted by Crippen LogP contribution is 2.16. The second-order valence-electron chi connectivity index (χ2n) is 3.88.